The number of carbonyl (C=O) groups excluding carboxylic acids is 4. The molecule has 0 bridgehead atoms. The third-order valence-corrected chi connectivity index (χ3v) is 6.41. The van der Waals surface area contributed by atoms with E-state index in [4.69, 9.17) is 0 Å². The Balaban J connectivity index is 1.71. The summed E-state index contributed by atoms with van der Waals surface area (Å²) in [4.78, 5) is 64.3. The first-order valence-electron chi connectivity index (χ1n) is 12.6. The monoisotopic (exact) mass is 522 g/mol. The van der Waals surface area contributed by atoms with Crippen LogP contribution in [0.2, 0.25) is 0 Å². The number of nitrogens with one attached hydrogen (secondary N) is 3. The van der Waals surface area contributed by atoms with Gasteiger partial charge in [0.25, 0.3) is 11.8 Å². The van der Waals surface area contributed by atoms with Gasteiger partial charge in [0.2, 0.25) is 11.8 Å². The van der Waals surface area contributed by atoms with Crippen molar-refractivity contribution in [3.63, 3.8) is 0 Å². The van der Waals surface area contributed by atoms with Crippen LogP contribution in [0.5, 0.6) is 0 Å². The average Bonchev–Trinajstić information content (AvgIpc) is 3.14. The fourth-order valence-electron chi connectivity index (χ4n) is 4.45. The van der Waals surface area contributed by atoms with Gasteiger partial charge in [0.05, 0.1) is 17.2 Å². The zero-order chi connectivity index (χ0) is 27.8. The molecule has 1 heterocycles. The second-order valence-electron chi connectivity index (χ2n) is 9.70. The smallest absolute Gasteiger partial charge is 0.320 e. The lowest BCUT2D eigenvalue weighted by Crippen LogP contribution is -2.56. The third-order valence-electron chi connectivity index (χ3n) is 6.41. The summed E-state index contributed by atoms with van der Waals surface area (Å²) in [6.45, 7) is 3.68. The summed E-state index contributed by atoms with van der Waals surface area (Å²) in [5, 5.41) is 18.1. The van der Waals surface area contributed by atoms with Crippen LogP contribution in [0.4, 0.5) is 0 Å². The number of carboxylic acids is 1. The zero-order valence-corrected chi connectivity index (χ0v) is 21.8. The molecule has 4 N–H and O–H groups in total. The molecule has 0 radical (unpaired) electrons. The van der Waals surface area contributed by atoms with Gasteiger partial charge >= 0.3 is 5.97 Å². The Morgan fingerprint density at radius 1 is 0.842 bits per heavy atom. The quantitative estimate of drug-likeness (QED) is 0.293. The SMILES string of the molecule is CNC(=O)[C@H](Cc1ccccc1)NC(=O)[C@H](CC(C)C)NC(CCN1C(=O)c2ccccc2C1=O)C(=O)O. The molecule has 10 heteroatoms. The molecule has 3 atom stereocenters. The fraction of sp³-hybridized carbons (Fsp3) is 0.393. The first kappa shape index (κ1) is 28.5. The van der Waals surface area contributed by atoms with E-state index >= 15 is 0 Å². The van der Waals surface area contributed by atoms with Crippen LogP contribution in [0.15, 0.2) is 54.6 Å². The summed E-state index contributed by atoms with van der Waals surface area (Å²) >= 11 is 0. The van der Waals surface area contributed by atoms with Crippen LogP contribution >= 0.6 is 0 Å². The summed E-state index contributed by atoms with van der Waals surface area (Å²) in [6, 6.07) is 12.7. The first-order chi connectivity index (χ1) is 18.1. The van der Waals surface area contributed by atoms with Crippen molar-refractivity contribution in [1.29, 1.82) is 0 Å². The van der Waals surface area contributed by atoms with Crippen molar-refractivity contribution in [3.8, 4) is 0 Å². The summed E-state index contributed by atoms with van der Waals surface area (Å²) in [6.07, 6.45) is 0.489. The van der Waals surface area contributed by atoms with Crippen molar-refractivity contribution in [1.82, 2.24) is 20.9 Å². The van der Waals surface area contributed by atoms with Crippen molar-refractivity contribution in [2.24, 2.45) is 5.92 Å². The number of nitrogens with zero attached hydrogens (tertiary/aromatic N) is 1. The molecule has 2 aromatic rings. The first-order valence-corrected chi connectivity index (χ1v) is 12.6. The number of carboxylic acid groups (broad SMARTS) is 1. The van der Waals surface area contributed by atoms with Crippen LogP contribution in [0.25, 0.3) is 0 Å². The molecule has 1 unspecified atom stereocenters. The van der Waals surface area contributed by atoms with Crippen LogP contribution < -0.4 is 16.0 Å². The number of hydrogen-bond donors (Lipinski definition) is 4. The molecular formula is C28H34N4O6. The molecule has 38 heavy (non-hydrogen) atoms. The van der Waals surface area contributed by atoms with Gasteiger partial charge in [0, 0.05) is 20.0 Å². The highest BCUT2D eigenvalue weighted by Crippen LogP contribution is 2.23. The number of fused-ring (bicyclic) bond motifs is 1. The van der Waals surface area contributed by atoms with Gasteiger partial charge in [-0.3, -0.25) is 34.2 Å². The lowest BCUT2D eigenvalue weighted by molar-refractivity contribution is -0.140. The molecule has 10 nitrogen and oxygen atoms in total. The third kappa shape index (κ3) is 7.04. The number of imide groups is 1. The number of aliphatic carboxylic acids is 1. The lowest BCUT2D eigenvalue weighted by Gasteiger charge is -2.27. The minimum absolute atomic E-state index is 0.0384. The van der Waals surface area contributed by atoms with Crippen molar-refractivity contribution >= 4 is 29.6 Å². The number of amides is 4. The largest absolute Gasteiger partial charge is 0.480 e. The topological polar surface area (TPSA) is 145 Å². The molecule has 2 aromatic carbocycles. The Bertz CT molecular complexity index is 1150. The lowest BCUT2D eigenvalue weighted by atomic mass is 10.00. The van der Waals surface area contributed by atoms with Crippen LogP contribution in [0.3, 0.4) is 0 Å². The second kappa shape index (κ2) is 13.0. The number of hydrogen-bond acceptors (Lipinski definition) is 6. The normalized spacial score (nSPS) is 15.1. The van der Waals surface area contributed by atoms with Crippen molar-refractivity contribution in [2.75, 3.05) is 13.6 Å². The van der Waals surface area contributed by atoms with Crippen LogP contribution in [0.1, 0.15) is 53.0 Å². The molecule has 1 aliphatic heterocycles. The predicted octanol–water partition coefficient (Wildman–Crippen LogP) is 1.60. The fourth-order valence-corrected chi connectivity index (χ4v) is 4.45. The highest BCUT2D eigenvalue weighted by molar-refractivity contribution is 6.21. The number of likely N-dealkylation sites (N-methyl/N-ethyl adjacent to an activating group) is 1. The molecule has 0 aromatic heterocycles. The molecule has 0 spiro atoms. The molecule has 202 valence electrons. The van der Waals surface area contributed by atoms with E-state index in [9.17, 15) is 29.1 Å². The van der Waals surface area contributed by atoms with Crippen molar-refractivity contribution < 1.29 is 29.1 Å². The number of rotatable bonds is 13. The summed E-state index contributed by atoms with van der Waals surface area (Å²) in [5.74, 6) is -2.99. The Morgan fingerprint density at radius 2 is 1.42 bits per heavy atom. The summed E-state index contributed by atoms with van der Waals surface area (Å²) in [5.41, 5.74) is 1.43. The Morgan fingerprint density at radius 3 is 1.95 bits per heavy atom. The Labute approximate surface area is 221 Å². The van der Waals surface area contributed by atoms with Gasteiger partial charge in [-0.1, -0.05) is 56.3 Å². The molecule has 0 fully saturated rings. The highest BCUT2D eigenvalue weighted by atomic mass is 16.4. The average molecular weight is 523 g/mol. The molecule has 0 saturated carbocycles. The van der Waals surface area contributed by atoms with E-state index in [-0.39, 0.29) is 42.3 Å². The summed E-state index contributed by atoms with van der Waals surface area (Å²) in [7, 11) is 1.48. The van der Waals surface area contributed by atoms with E-state index in [1.54, 1.807) is 24.3 Å². The van der Waals surface area contributed by atoms with E-state index in [1.807, 2.05) is 44.2 Å². The van der Waals surface area contributed by atoms with Gasteiger partial charge in [-0.2, -0.15) is 0 Å². The second-order valence-corrected chi connectivity index (χ2v) is 9.70. The number of benzene rings is 2. The molecule has 1 aliphatic rings. The molecular weight excluding hydrogens is 488 g/mol. The molecule has 0 aliphatic carbocycles. The standard InChI is InChI=1S/C28H34N4O6/c1-17(2)15-22(25(34)31-23(24(33)29-3)16-18-9-5-4-6-10-18)30-21(28(37)38)13-14-32-26(35)19-11-7-8-12-20(19)27(32)36/h4-12,17,21-23,30H,13-16H2,1-3H3,(H,29,33)(H,31,34)(H,37,38)/t21?,22-,23-/m0/s1. The highest BCUT2D eigenvalue weighted by Gasteiger charge is 2.36. The molecule has 3 rings (SSSR count). The van der Waals surface area contributed by atoms with Crippen LogP contribution in [0, 0.1) is 5.92 Å². The summed E-state index contributed by atoms with van der Waals surface area (Å²) < 4.78 is 0. The maximum absolute atomic E-state index is 13.3. The van der Waals surface area contributed by atoms with Gasteiger partial charge in [0.15, 0.2) is 0 Å². The van der Waals surface area contributed by atoms with Gasteiger partial charge < -0.3 is 15.7 Å². The van der Waals surface area contributed by atoms with Crippen LogP contribution in [-0.2, 0) is 20.8 Å². The van der Waals surface area contributed by atoms with Gasteiger partial charge in [-0.05, 0) is 36.5 Å². The van der Waals surface area contributed by atoms with E-state index in [0.717, 1.165) is 10.5 Å². The zero-order valence-electron chi connectivity index (χ0n) is 21.8. The molecule has 4 amide bonds. The Hall–Kier alpha value is -4.05. The minimum Gasteiger partial charge on any atom is -0.480 e. The molecule has 0 saturated heterocycles. The predicted molar refractivity (Wildman–Crippen MR) is 140 cm³/mol. The maximum atomic E-state index is 13.3. The van der Waals surface area contributed by atoms with E-state index in [2.05, 4.69) is 16.0 Å². The van der Waals surface area contributed by atoms with Gasteiger partial charge in [-0.25, -0.2) is 0 Å². The van der Waals surface area contributed by atoms with Crippen LogP contribution in [-0.4, -0.2) is 71.3 Å². The number of carbonyl (C=O) groups is 5. The Kier molecular flexibility index (Phi) is 9.72. The van der Waals surface area contributed by atoms with Crippen molar-refractivity contribution in [2.45, 2.75) is 51.2 Å². The van der Waals surface area contributed by atoms with E-state index < -0.39 is 41.8 Å². The van der Waals surface area contributed by atoms with Crippen molar-refractivity contribution in [3.05, 3.63) is 71.3 Å². The maximum Gasteiger partial charge on any atom is 0.320 e. The van der Waals surface area contributed by atoms with Gasteiger partial charge in [0.1, 0.15) is 12.1 Å². The minimum atomic E-state index is -1.21. The van der Waals surface area contributed by atoms with E-state index in [1.165, 1.54) is 7.05 Å². The van der Waals surface area contributed by atoms with Gasteiger partial charge in [-0.15, -0.1) is 0 Å². The van der Waals surface area contributed by atoms with E-state index in [0.29, 0.717) is 6.42 Å².